The lowest BCUT2D eigenvalue weighted by atomic mass is 9.96. The first-order valence-corrected chi connectivity index (χ1v) is 6.65. The van der Waals surface area contributed by atoms with Gasteiger partial charge in [-0.15, -0.1) is 0 Å². The van der Waals surface area contributed by atoms with E-state index < -0.39 is 17.9 Å². The van der Waals surface area contributed by atoms with Crippen LogP contribution < -0.4 is 10.6 Å². The van der Waals surface area contributed by atoms with Crippen LogP contribution in [0, 0.1) is 11.7 Å². The standard InChI is InChI=1S/C14H18F4N2/c1-9(19)10-4-5-13(12(15)7-10)20-6-2-3-11(8-20)14(16,17)18/h4-5,7,9,11H,2-3,6,8,19H2,1H3. The van der Waals surface area contributed by atoms with Crippen LogP contribution in [-0.4, -0.2) is 19.3 Å². The van der Waals surface area contributed by atoms with Crippen LogP contribution in [0.4, 0.5) is 23.2 Å². The molecular weight excluding hydrogens is 272 g/mol. The van der Waals surface area contributed by atoms with Crippen LogP contribution in [0.2, 0.25) is 0 Å². The minimum absolute atomic E-state index is 0.111. The van der Waals surface area contributed by atoms with Gasteiger partial charge in [-0.1, -0.05) is 6.07 Å². The van der Waals surface area contributed by atoms with E-state index in [1.807, 2.05) is 0 Å². The lowest BCUT2D eigenvalue weighted by molar-refractivity contribution is -0.176. The number of halogens is 4. The fourth-order valence-electron chi connectivity index (χ4n) is 2.53. The molecule has 0 saturated carbocycles. The Balaban J connectivity index is 2.19. The van der Waals surface area contributed by atoms with Gasteiger partial charge in [-0.25, -0.2) is 4.39 Å². The Kier molecular flexibility index (Phi) is 4.22. The fourth-order valence-corrected chi connectivity index (χ4v) is 2.53. The molecule has 2 rings (SSSR count). The Bertz CT molecular complexity index is 471. The molecule has 2 nitrogen and oxygen atoms in total. The predicted octanol–water partition coefficient (Wildman–Crippen LogP) is 3.62. The molecule has 0 amide bonds. The van der Waals surface area contributed by atoms with E-state index in [9.17, 15) is 17.6 Å². The highest BCUT2D eigenvalue weighted by atomic mass is 19.4. The Hall–Kier alpha value is -1.30. The average Bonchev–Trinajstić information content (AvgIpc) is 2.37. The van der Waals surface area contributed by atoms with Gasteiger partial charge in [0.1, 0.15) is 5.82 Å². The molecule has 1 aliphatic heterocycles. The third-order valence-corrected chi connectivity index (χ3v) is 3.72. The highest BCUT2D eigenvalue weighted by Crippen LogP contribution is 2.35. The first kappa shape index (κ1) is 15.1. The second-order valence-corrected chi connectivity index (χ2v) is 5.33. The summed E-state index contributed by atoms with van der Waals surface area (Å²) in [5.41, 5.74) is 6.52. The zero-order valence-electron chi connectivity index (χ0n) is 11.3. The van der Waals surface area contributed by atoms with Gasteiger partial charge in [0, 0.05) is 19.1 Å². The molecule has 2 unspecified atom stereocenters. The molecule has 2 atom stereocenters. The van der Waals surface area contributed by atoms with Gasteiger partial charge in [0.25, 0.3) is 0 Å². The van der Waals surface area contributed by atoms with Crippen LogP contribution in [0.1, 0.15) is 31.4 Å². The molecule has 112 valence electrons. The van der Waals surface area contributed by atoms with E-state index in [2.05, 4.69) is 0 Å². The molecule has 0 aromatic heterocycles. The van der Waals surface area contributed by atoms with Gasteiger partial charge in [0.2, 0.25) is 0 Å². The quantitative estimate of drug-likeness (QED) is 0.843. The van der Waals surface area contributed by atoms with E-state index in [0.29, 0.717) is 18.5 Å². The van der Waals surface area contributed by atoms with Crippen molar-refractivity contribution in [3.63, 3.8) is 0 Å². The number of anilines is 1. The van der Waals surface area contributed by atoms with Gasteiger partial charge in [0.15, 0.2) is 0 Å². The van der Waals surface area contributed by atoms with Crippen LogP contribution in [0.15, 0.2) is 18.2 Å². The van der Waals surface area contributed by atoms with Gasteiger partial charge in [-0.2, -0.15) is 13.2 Å². The Morgan fingerprint density at radius 1 is 1.35 bits per heavy atom. The summed E-state index contributed by atoms with van der Waals surface area (Å²) < 4.78 is 52.3. The van der Waals surface area contributed by atoms with Gasteiger partial charge >= 0.3 is 6.18 Å². The molecule has 0 bridgehead atoms. The molecule has 1 heterocycles. The Labute approximate surface area is 115 Å². The number of nitrogens with two attached hydrogens (primary N) is 1. The van der Waals surface area contributed by atoms with Crippen molar-refractivity contribution in [3.8, 4) is 0 Å². The van der Waals surface area contributed by atoms with Crippen LogP contribution in [0.3, 0.4) is 0 Å². The zero-order valence-corrected chi connectivity index (χ0v) is 11.3. The lowest BCUT2D eigenvalue weighted by Crippen LogP contribution is -2.42. The summed E-state index contributed by atoms with van der Waals surface area (Å²) in [5.74, 6) is -1.90. The van der Waals surface area contributed by atoms with Crippen molar-refractivity contribution in [2.24, 2.45) is 11.7 Å². The molecule has 2 N–H and O–H groups in total. The minimum atomic E-state index is -4.22. The summed E-state index contributed by atoms with van der Waals surface area (Å²) in [6.07, 6.45) is -3.70. The first-order valence-electron chi connectivity index (χ1n) is 6.65. The number of nitrogens with zero attached hydrogens (tertiary/aromatic N) is 1. The van der Waals surface area contributed by atoms with Crippen LogP contribution in [0.25, 0.3) is 0 Å². The van der Waals surface area contributed by atoms with Crippen LogP contribution in [-0.2, 0) is 0 Å². The minimum Gasteiger partial charge on any atom is -0.369 e. The Morgan fingerprint density at radius 3 is 2.60 bits per heavy atom. The van der Waals surface area contributed by atoms with Crippen molar-refractivity contribution in [2.75, 3.05) is 18.0 Å². The van der Waals surface area contributed by atoms with Gasteiger partial charge in [-0.05, 0) is 37.5 Å². The summed E-state index contributed by atoms with van der Waals surface area (Å²) in [5, 5.41) is 0. The number of hydrogen-bond acceptors (Lipinski definition) is 2. The molecule has 1 saturated heterocycles. The van der Waals surface area contributed by atoms with Crippen molar-refractivity contribution in [3.05, 3.63) is 29.6 Å². The summed E-state index contributed by atoms with van der Waals surface area (Å²) in [6, 6.07) is 4.19. The molecule has 1 aromatic rings. The largest absolute Gasteiger partial charge is 0.393 e. The van der Waals surface area contributed by atoms with Crippen LogP contribution in [0.5, 0.6) is 0 Å². The second-order valence-electron chi connectivity index (χ2n) is 5.33. The van der Waals surface area contributed by atoms with Crippen molar-refractivity contribution in [2.45, 2.75) is 32.0 Å². The van der Waals surface area contributed by atoms with E-state index >= 15 is 0 Å². The molecule has 1 fully saturated rings. The normalized spacial score (nSPS) is 21.9. The maximum Gasteiger partial charge on any atom is 0.393 e. The summed E-state index contributed by atoms with van der Waals surface area (Å²) >= 11 is 0. The fraction of sp³-hybridized carbons (Fsp3) is 0.571. The second kappa shape index (κ2) is 5.60. The SMILES string of the molecule is CC(N)c1ccc(N2CCCC(C(F)(F)F)C2)c(F)c1. The number of hydrogen-bond donors (Lipinski definition) is 1. The molecular formula is C14H18F4N2. The summed E-state index contributed by atoms with van der Waals surface area (Å²) in [4.78, 5) is 1.47. The molecule has 20 heavy (non-hydrogen) atoms. The van der Waals surface area contributed by atoms with Crippen molar-refractivity contribution >= 4 is 5.69 Å². The molecule has 1 aromatic carbocycles. The van der Waals surface area contributed by atoms with Crippen molar-refractivity contribution in [1.29, 1.82) is 0 Å². The molecule has 6 heteroatoms. The average molecular weight is 290 g/mol. The number of piperidine rings is 1. The van der Waals surface area contributed by atoms with E-state index in [4.69, 9.17) is 5.73 Å². The van der Waals surface area contributed by atoms with E-state index in [1.165, 1.54) is 17.0 Å². The smallest absolute Gasteiger partial charge is 0.369 e. The molecule has 1 aliphatic rings. The van der Waals surface area contributed by atoms with E-state index in [0.717, 1.165) is 0 Å². The maximum absolute atomic E-state index is 14.0. The van der Waals surface area contributed by atoms with E-state index in [1.54, 1.807) is 13.0 Å². The van der Waals surface area contributed by atoms with Crippen LogP contribution >= 0.6 is 0 Å². The Morgan fingerprint density at radius 2 is 2.05 bits per heavy atom. The molecule has 0 radical (unpaired) electrons. The highest BCUT2D eigenvalue weighted by Gasteiger charge is 2.42. The maximum atomic E-state index is 14.0. The predicted molar refractivity (Wildman–Crippen MR) is 70.0 cm³/mol. The molecule has 0 aliphatic carbocycles. The van der Waals surface area contributed by atoms with E-state index in [-0.39, 0.29) is 24.7 Å². The zero-order chi connectivity index (χ0) is 14.9. The van der Waals surface area contributed by atoms with Gasteiger partial charge in [0.05, 0.1) is 11.6 Å². The highest BCUT2D eigenvalue weighted by molar-refractivity contribution is 5.50. The lowest BCUT2D eigenvalue weighted by Gasteiger charge is -2.35. The molecule has 0 spiro atoms. The number of benzene rings is 1. The van der Waals surface area contributed by atoms with Crippen molar-refractivity contribution in [1.82, 2.24) is 0 Å². The topological polar surface area (TPSA) is 29.3 Å². The monoisotopic (exact) mass is 290 g/mol. The van der Waals surface area contributed by atoms with Gasteiger partial charge in [-0.3, -0.25) is 0 Å². The third kappa shape index (κ3) is 3.23. The van der Waals surface area contributed by atoms with Gasteiger partial charge < -0.3 is 10.6 Å². The van der Waals surface area contributed by atoms with Crippen molar-refractivity contribution < 1.29 is 17.6 Å². The third-order valence-electron chi connectivity index (χ3n) is 3.72. The number of rotatable bonds is 2. The first-order chi connectivity index (χ1) is 9.29. The number of alkyl halides is 3. The summed E-state index contributed by atoms with van der Waals surface area (Å²) in [6.45, 7) is 1.99. The summed E-state index contributed by atoms with van der Waals surface area (Å²) in [7, 11) is 0.